The zero-order valence-corrected chi connectivity index (χ0v) is 8.08. The Morgan fingerprint density at radius 1 is 1.23 bits per heavy atom. The summed E-state index contributed by atoms with van der Waals surface area (Å²) in [7, 11) is 0. The van der Waals surface area contributed by atoms with E-state index >= 15 is 0 Å². The first-order chi connectivity index (χ1) is 6.45. The number of hydrogen-bond acceptors (Lipinski definition) is 2. The Hall–Kier alpha value is -1.15. The summed E-state index contributed by atoms with van der Waals surface area (Å²) in [4.78, 5) is 2.16. The highest BCUT2D eigenvalue weighted by molar-refractivity contribution is 8.02. The Morgan fingerprint density at radius 2 is 2.08 bits per heavy atom. The molecule has 1 heterocycles. The fraction of sp³-hybridized carbons (Fsp3) is 0.0909. The van der Waals surface area contributed by atoms with Crippen LogP contribution in [-0.4, -0.2) is 10.8 Å². The third-order valence-corrected chi connectivity index (χ3v) is 2.59. The van der Waals surface area contributed by atoms with E-state index in [0.717, 1.165) is 5.88 Å². The molecule has 1 aliphatic rings. The van der Waals surface area contributed by atoms with E-state index in [1.807, 2.05) is 30.0 Å². The molecule has 0 N–H and O–H groups in total. The van der Waals surface area contributed by atoms with Gasteiger partial charge in [-0.1, -0.05) is 30.3 Å². The van der Waals surface area contributed by atoms with Crippen LogP contribution in [0.4, 0.5) is 0 Å². The van der Waals surface area contributed by atoms with Gasteiger partial charge in [0.1, 0.15) is 0 Å². The molecule has 0 bridgehead atoms. The standard InChI is InChI=1S/C11H11NS/c1-2-4-11(5-3-1)6-7-12-8-9-13-10-12/h1-9H,10H2/b7-6+. The molecular weight excluding hydrogens is 178 g/mol. The van der Waals surface area contributed by atoms with E-state index in [1.165, 1.54) is 5.56 Å². The van der Waals surface area contributed by atoms with Crippen molar-refractivity contribution in [3.8, 4) is 0 Å². The van der Waals surface area contributed by atoms with E-state index in [-0.39, 0.29) is 0 Å². The molecule has 13 heavy (non-hydrogen) atoms. The van der Waals surface area contributed by atoms with Crippen molar-refractivity contribution < 1.29 is 0 Å². The summed E-state index contributed by atoms with van der Waals surface area (Å²) in [5, 5.41) is 2.11. The zero-order valence-electron chi connectivity index (χ0n) is 7.26. The Labute approximate surface area is 82.8 Å². The molecule has 0 spiro atoms. The molecule has 0 aromatic heterocycles. The lowest BCUT2D eigenvalue weighted by Crippen LogP contribution is -2.02. The van der Waals surface area contributed by atoms with Crippen molar-refractivity contribution in [2.45, 2.75) is 0 Å². The summed E-state index contributed by atoms with van der Waals surface area (Å²) in [6.45, 7) is 0. The molecule has 0 unspecified atom stereocenters. The molecule has 66 valence electrons. The second-order valence-electron chi connectivity index (χ2n) is 2.82. The largest absolute Gasteiger partial charge is 0.344 e. The summed E-state index contributed by atoms with van der Waals surface area (Å²) in [6.07, 6.45) is 6.31. The van der Waals surface area contributed by atoms with Crippen LogP contribution in [0.2, 0.25) is 0 Å². The average molecular weight is 189 g/mol. The highest BCUT2D eigenvalue weighted by Crippen LogP contribution is 2.15. The lowest BCUT2D eigenvalue weighted by molar-refractivity contribution is 0.617. The van der Waals surface area contributed by atoms with Crippen molar-refractivity contribution in [2.24, 2.45) is 0 Å². The monoisotopic (exact) mass is 189 g/mol. The first-order valence-electron chi connectivity index (χ1n) is 4.22. The molecule has 0 fully saturated rings. The van der Waals surface area contributed by atoms with Gasteiger partial charge in [-0.2, -0.15) is 0 Å². The van der Waals surface area contributed by atoms with Gasteiger partial charge < -0.3 is 4.90 Å². The van der Waals surface area contributed by atoms with Gasteiger partial charge in [0.15, 0.2) is 0 Å². The normalized spacial score (nSPS) is 15.8. The predicted molar refractivity (Wildman–Crippen MR) is 58.9 cm³/mol. The van der Waals surface area contributed by atoms with Crippen LogP contribution in [0.5, 0.6) is 0 Å². The fourth-order valence-corrected chi connectivity index (χ4v) is 1.80. The summed E-state index contributed by atoms with van der Waals surface area (Å²) >= 11 is 1.81. The van der Waals surface area contributed by atoms with E-state index in [9.17, 15) is 0 Å². The molecule has 0 amide bonds. The summed E-state index contributed by atoms with van der Waals surface area (Å²) < 4.78 is 0. The molecule has 2 heteroatoms. The Bertz CT molecular complexity index is 316. The van der Waals surface area contributed by atoms with Gasteiger partial charge in [0.25, 0.3) is 0 Å². The minimum Gasteiger partial charge on any atom is -0.344 e. The predicted octanol–water partition coefficient (Wildman–Crippen LogP) is 3.13. The first kappa shape index (κ1) is 8.45. The van der Waals surface area contributed by atoms with Crippen LogP contribution < -0.4 is 0 Å². The number of benzene rings is 1. The quantitative estimate of drug-likeness (QED) is 0.703. The number of nitrogens with zero attached hydrogens (tertiary/aromatic N) is 1. The lowest BCUT2D eigenvalue weighted by atomic mass is 10.2. The van der Waals surface area contributed by atoms with E-state index in [1.54, 1.807) is 0 Å². The van der Waals surface area contributed by atoms with E-state index in [0.29, 0.717) is 0 Å². The summed E-state index contributed by atoms with van der Waals surface area (Å²) in [5.74, 6) is 1.03. The second-order valence-corrected chi connectivity index (χ2v) is 3.69. The van der Waals surface area contributed by atoms with Gasteiger partial charge in [-0.05, 0) is 17.0 Å². The molecule has 1 aliphatic heterocycles. The number of rotatable bonds is 2. The van der Waals surface area contributed by atoms with Gasteiger partial charge in [0.05, 0.1) is 5.88 Å². The molecule has 0 saturated carbocycles. The molecule has 0 atom stereocenters. The van der Waals surface area contributed by atoms with Crippen molar-refractivity contribution >= 4 is 17.8 Å². The minimum absolute atomic E-state index is 1.03. The van der Waals surface area contributed by atoms with E-state index < -0.39 is 0 Å². The highest BCUT2D eigenvalue weighted by Gasteiger charge is 1.98. The van der Waals surface area contributed by atoms with Crippen LogP contribution in [0.25, 0.3) is 6.08 Å². The van der Waals surface area contributed by atoms with Crippen LogP contribution in [-0.2, 0) is 0 Å². The van der Waals surface area contributed by atoms with Crippen LogP contribution in [0.15, 0.2) is 48.1 Å². The average Bonchev–Trinajstić information content (AvgIpc) is 2.69. The van der Waals surface area contributed by atoms with E-state index in [4.69, 9.17) is 0 Å². The fourth-order valence-electron chi connectivity index (χ4n) is 1.13. The molecular formula is C11H11NS. The van der Waals surface area contributed by atoms with Crippen LogP contribution in [0.3, 0.4) is 0 Å². The maximum atomic E-state index is 2.16. The van der Waals surface area contributed by atoms with Gasteiger partial charge in [0, 0.05) is 12.4 Å². The topological polar surface area (TPSA) is 3.24 Å². The van der Waals surface area contributed by atoms with Crippen molar-refractivity contribution in [3.63, 3.8) is 0 Å². The second kappa shape index (κ2) is 4.19. The Kier molecular flexibility index (Phi) is 2.72. The Morgan fingerprint density at radius 3 is 2.77 bits per heavy atom. The summed E-state index contributed by atoms with van der Waals surface area (Å²) in [6, 6.07) is 10.3. The molecule has 1 aromatic carbocycles. The van der Waals surface area contributed by atoms with Crippen LogP contribution >= 0.6 is 11.8 Å². The minimum atomic E-state index is 1.03. The molecule has 1 aromatic rings. The maximum absolute atomic E-state index is 2.16. The van der Waals surface area contributed by atoms with Gasteiger partial charge in [-0.25, -0.2) is 0 Å². The van der Waals surface area contributed by atoms with Crippen molar-refractivity contribution in [1.82, 2.24) is 4.90 Å². The Balaban J connectivity index is 2.01. The van der Waals surface area contributed by atoms with Crippen LogP contribution in [0, 0.1) is 0 Å². The third kappa shape index (κ3) is 2.39. The van der Waals surface area contributed by atoms with Gasteiger partial charge in [-0.15, -0.1) is 11.8 Å². The molecule has 1 nitrogen and oxygen atoms in total. The third-order valence-electron chi connectivity index (χ3n) is 1.83. The lowest BCUT2D eigenvalue weighted by Gasteiger charge is -2.06. The smallest absolute Gasteiger partial charge is 0.0717 e. The molecule has 0 saturated heterocycles. The highest BCUT2D eigenvalue weighted by atomic mass is 32.2. The molecule has 0 radical (unpaired) electrons. The van der Waals surface area contributed by atoms with E-state index in [2.05, 4.69) is 40.9 Å². The SMILES string of the molecule is C1=CN(/C=C/c2ccccc2)CS1. The molecule has 2 rings (SSSR count). The number of thioether (sulfide) groups is 1. The zero-order chi connectivity index (χ0) is 8.93. The van der Waals surface area contributed by atoms with Crippen molar-refractivity contribution in [1.29, 1.82) is 0 Å². The van der Waals surface area contributed by atoms with Gasteiger partial charge in [0.2, 0.25) is 0 Å². The maximum Gasteiger partial charge on any atom is 0.0717 e. The van der Waals surface area contributed by atoms with Crippen molar-refractivity contribution in [2.75, 3.05) is 5.88 Å². The summed E-state index contributed by atoms with van der Waals surface area (Å²) in [5.41, 5.74) is 1.24. The van der Waals surface area contributed by atoms with Crippen molar-refractivity contribution in [3.05, 3.63) is 53.7 Å². The number of hydrogen-bond donors (Lipinski definition) is 0. The van der Waals surface area contributed by atoms with Crippen LogP contribution in [0.1, 0.15) is 5.56 Å². The first-order valence-corrected chi connectivity index (χ1v) is 5.27. The van der Waals surface area contributed by atoms with Gasteiger partial charge >= 0.3 is 0 Å². The van der Waals surface area contributed by atoms with Gasteiger partial charge in [-0.3, -0.25) is 0 Å². The molecule has 0 aliphatic carbocycles.